The summed E-state index contributed by atoms with van der Waals surface area (Å²) in [5.74, 6) is 1.06. The Balaban J connectivity index is 1.72. The maximum atomic E-state index is 12.1. The average molecular weight is 322 g/mol. The molecule has 0 aromatic carbocycles. The lowest BCUT2D eigenvalue weighted by Gasteiger charge is -2.31. The van der Waals surface area contributed by atoms with E-state index in [9.17, 15) is 9.90 Å². The molecule has 1 unspecified atom stereocenters. The van der Waals surface area contributed by atoms with Crippen molar-refractivity contribution in [3.05, 3.63) is 17.5 Å². The minimum absolute atomic E-state index is 0.234. The van der Waals surface area contributed by atoms with Crippen molar-refractivity contribution >= 4 is 5.91 Å². The maximum absolute atomic E-state index is 12.1. The standard InChI is InChI=1S/C17H30N4O2/c1-12(2)8-14-9-16(20-19-14)17(23)18-10-15(22)11-21-6-4-13(3)5-7-21/h9,12-13,15,22H,4-8,10-11H2,1-3H3,(H,18,23)(H,19,20). The number of piperidine rings is 1. The summed E-state index contributed by atoms with van der Waals surface area (Å²) in [6.07, 6.45) is 2.70. The van der Waals surface area contributed by atoms with E-state index in [1.165, 1.54) is 12.8 Å². The van der Waals surface area contributed by atoms with Crippen LogP contribution < -0.4 is 5.32 Å². The molecule has 1 aliphatic rings. The number of nitrogens with zero attached hydrogens (tertiary/aromatic N) is 2. The average Bonchev–Trinajstić information content (AvgIpc) is 2.95. The predicted octanol–water partition coefficient (Wildman–Crippen LogP) is 1.43. The second-order valence-electron chi connectivity index (χ2n) is 7.22. The zero-order valence-electron chi connectivity index (χ0n) is 14.5. The summed E-state index contributed by atoms with van der Waals surface area (Å²) in [6.45, 7) is 9.46. The molecular formula is C17H30N4O2. The first-order valence-electron chi connectivity index (χ1n) is 8.67. The minimum Gasteiger partial charge on any atom is -0.390 e. The Morgan fingerprint density at radius 2 is 2.17 bits per heavy atom. The Morgan fingerprint density at radius 1 is 1.48 bits per heavy atom. The van der Waals surface area contributed by atoms with Gasteiger partial charge in [0.1, 0.15) is 5.69 Å². The number of aliphatic hydroxyl groups is 1. The van der Waals surface area contributed by atoms with Crippen LogP contribution in [0.5, 0.6) is 0 Å². The lowest BCUT2D eigenvalue weighted by molar-refractivity contribution is 0.0792. The number of likely N-dealkylation sites (tertiary alicyclic amines) is 1. The molecule has 3 N–H and O–H groups in total. The lowest BCUT2D eigenvalue weighted by Crippen LogP contribution is -2.43. The third kappa shape index (κ3) is 5.95. The zero-order valence-corrected chi connectivity index (χ0v) is 14.5. The van der Waals surface area contributed by atoms with E-state index in [1.807, 2.05) is 0 Å². The Hall–Kier alpha value is -1.40. The van der Waals surface area contributed by atoms with Crippen molar-refractivity contribution in [2.24, 2.45) is 11.8 Å². The van der Waals surface area contributed by atoms with Gasteiger partial charge in [0.25, 0.3) is 5.91 Å². The fourth-order valence-electron chi connectivity index (χ4n) is 2.93. The Morgan fingerprint density at radius 3 is 2.83 bits per heavy atom. The van der Waals surface area contributed by atoms with Crippen LogP contribution in [-0.4, -0.2) is 58.4 Å². The van der Waals surface area contributed by atoms with Gasteiger partial charge in [0, 0.05) is 18.8 Å². The van der Waals surface area contributed by atoms with Gasteiger partial charge in [-0.25, -0.2) is 0 Å². The molecule has 6 heteroatoms. The molecule has 1 fully saturated rings. The smallest absolute Gasteiger partial charge is 0.271 e. The summed E-state index contributed by atoms with van der Waals surface area (Å²) < 4.78 is 0. The topological polar surface area (TPSA) is 81.2 Å². The summed E-state index contributed by atoms with van der Waals surface area (Å²) in [5, 5.41) is 19.8. The van der Waals surface area contributed by atoms with E-state index in [1.54, 1.807) is 6.07 Å². The van der Waals surface area contributed by atoms with Crippen LogP contribution in [0.25, 0.3) is 0 Å². The van der Waals surface area contributed by atoms with Gasteiger partial charge < -0.3 is 15.3 Å². The zero-order chi connectivity index (χ0) is 16.8. The van der Waals surface area contributed by atoms with Gasteiger partial charge in [0.15, 0.2) is 0 Å². The van der Waals surface area contributed by atoms with Crippen LogP contribution in [0.1, 0.15) is 49.8 Å². The Labute approximate surface area is 138 Å². The molecule has 2 rings (SSSR count). The minimum atomic E-state index is -0.540. The number of hydrogen-bond donors (Lipinski definition) is 3. The summed E-state index contributed by atoms with van der Waals surface area (Å²) >= 11 is 0. The summed E-state index contributed by atoms with van der Waals surface area (Å²) in [7, 11) is 0. The van der Waals surface area contributed by atoms with Gasteiger partial charge in [-0.15, -0.1) is 0 Å². The van der Waals surface area contributed by atoms with E-state index in [0.717, 1.165) is 31.1 Å². The number of H-pyrrole nitrogens is 1. The molecule has 1 aromatic rings. The Kier molecular flexibility index (Phi) is 6.59. The van der Waals surface area contributed by atoms with Gasteiger partial charge in [-0.2, -0.15) is 5.10 Å². The summed E-state index contributed by atoms with van der Waals surface area (Å²) in [5.41, 5.74) is 1.35. The van der Waals surface area contributed by atoms with Gasteiger partial charge in [-0.3, -0.25) is 9.89 Å². The number of nitrogens with one attached hydrogen (secondary N) is 2. The predicted molar refractivity (Wildman–Crippen MR) is 90.3 cm³/mol. The van der Waals surface area contributed by atoms with Crippen LogP contribution in [0.4, 0.5) is 0 Å². The fraction of sp³-hybridized carbons (Fsp3) is 0.765. The SMILES string of the molecule is CC(C)Cc1cc(C(=O)NCC(O)CN2CCC(C)CC2)n[nH]1. The van der Waals surface area contributed by atoms with E-state index >= 15 is 0 Å². The highest BCUT2D eigenvalue weighted by atomic mass is 16.3. The molecule has 23 heavy (non-hydrogen) atoms. The van der Waals surface area contributed by atoms with E-state index in [2.05, 4.69) is 41.2 Å². The highest BCUT2D eigenvalue weighted by Gasteiger charge is 2.19. The second kappa shape index (κ2) is 8.45. The summed E-state index contributed by atoms with van der Waals surface area (Å²) in [6, 6.07) is 1.79. The molecule has 0 aliphatic carbocycles. The number of aromatic amines is 1. The first-order chi connectivity index (χ1) is 10.9. The van der Waals surface area contributed by atoms with Crippen LogP contribution in [0.3, 0.4) is 0 Å². The molecule has 1 aliphatic heterocycles. The van der Waals surface area contributed by atoms with Crippen molar-refractivity contribution in [2.75, 3.05) is 26.2 Å². The van der Waals surface area contributed by atoms with E-state index in [0.29, 0.717) is 18.2 Å². The van der Waals surface area contributed by atoms with Crippen LogP contribution >= 0.6 is 0 Å². The molecule has 0 spiro atoms. The Bertz CT molecular complexity index is 493. The molecule has 1 aromatic heterocycles. The van der Waals surface area contributed by atoms with Gasteiger partial charge in [0.05, 0.1) is 6.10 Å². The number of rotatable bonds is 7. The van der Waals surface area contributed by atoms with Crippen LogP contribution in [0, 0.1) is 11.8 Å². The molecule has 1 atom stereocenters. The first kappa shape index (κ1) is 17.9. The summed E-state index contributed by atoms with van der Waals surface area (Å²) in [4.78, 5) is 14.3. The largest absolute Gasteiger partial charge is 0.390 e. The van der Waals surface area contributed by atoms with Gasteiger partial charge in [-0.05, 0) is 50.3 Å². The van der Waals surface area contributed by atoms with Crippen LogP contribution in [-0.2, 0) is 6.42 Å². The van der Waals surface area contributed by atoms with Crippen molar-refractivity contribution in [3.8, 4) is 0 Å². The van der Waals surface area contributed by atoms with E-state index in [-0.39, 0.29) is 12.5 Å². The van der Waals surface area contributed by atoms with Gasteiger partial charge in [-0.1, -0.05) is 20.8 Å². The molecule has 6 nitrogen and oxygen atoms in total. The molecule has 1 saturated heterocycles. The number of aliphatic hydroxyl groups excluding tert-OH is 1. The molecule has 0 radical (unpaired) electrons. The molecule has 130 valence electrons. The maximum Gasteiger partial charge on any atom is 0.271 e. The second-order valence-corrected chi connectivity index (χ2v) is 7.22. The number of aromatic nitrogens is 2. The monoisotopic (exact) mass is 322 g/mol. The number of hydrogen-bond acceptors (Lipinski definition) is 4. The third-order valence-corrected chi connectivity index (χ3v) is 4.34. The number of carbonyl (C=O) groups is 1. The van der Waals surface area contributed by atoms with Crippen molar-refractivity contribution in [1.82, 2.24) is 20.4 Å². The van der Waals surface area contributed by atoms with Crippen molar-refractivity contribution in [2.45, 2.75) is 46.1 Å². The highest BCUT2D eigenvalue weighted by molar-refractivity contribution is 5.92. The quantitative estimate of drug-likeness (QED) is 0.709. The van der Waals surface area contributed by atoms with Gasteiger partial charge >= 0.3 is 0 Å². The van der Waals surface area contributed by atoms with Crippen LogP contribution in [0.15, 0.2) is 6.07 Å². The highest BCUT2D eigenvalue weighted by Crippen LogP contribution is 2.15. The van der Waals surface area contributed by atoms with Crippen molar-refractivity contribution < 1.29 is 9.90 Å². The fourth-order valence-corrected chi connectivity index (χ4v) is 2.93. The molecule has 0 saturated carbocycles. The van der Waals surface area contributed by atoms with E-state index < -0.39 is 6.10 Å². The third-order valence-electron chi connectivity index (χ3n) is 4.34. The molecular weight excluding hydrogens is 292 g/mol. The lowest BCUT2D eigenvalue weighted by atomic mass is 9.99. The van der Waals surface area contributed by atoms with Crippen LogP contribution in [0.2, 0.25) is 0 Å². The molecule has 2 heterocycles. The normalized spacial score (nSPS) is 18.3. The number of amides is 1. The van der Waals surface area contributed by atoms with E-state index in [4.69, 9.17) is 0 Å². The number of carbonyl (C=O) groups excluding carboxylic acids is 1. The molecule has 0 bridgehead atoms. The van der Waals surface area contributed by atoms with Gasteiger partial charge in [0.2, 0.25) is 0 Å². The van der Waals surface area contributed by atoms with Crippen molar-refractivity contribution in [3.63, 3.8) is 0 Å². The number of β-amino-alcohol motifs (C(OH)–C–C–N with tert-alkyl or cyclic N) is 1. The van der Waals surface area contributed by atoms with Crippen molar-refractivity contribution in [1.29, 1.82) is 0 Å². The molecule has 1 amide bonds. The first-order valence-corrected chi connectivity index (χ1v) is 8.67.